The van der Waals surface area contributed by atoms with Gasteiger partial charge in [0.25, 0.3) is 0 Å². The number of anilines is 1. The fourth-order valence-electron chi connectivity index (χ4n) is 1.78. The van der Waals surface area contributed by atoms with E-state index in [9.17, 15) is 14.4 Å². The molecule has 2 N–H and O–H groups in total. The highest BCUT2D eigenvalue weighted by Gasteiger charge is 2.24. The zero-order valence-corrected chi connectivity index (χ0v) is 11.7. The van der Waals surface area contributed by atoms with Crippen molar-refractivity contribution in [2.45, 2.75) is 26.3 Å². The minimum Gasteiger partial charge on any atom is -0.480 e. The lowest BCUT2D eigenvalue weighted by Gasteiger charge is -2.24. The molecule has 0 saturated carbocycles. The second kappa shape index (κ2) is 6.70. The summed E-state index contributed by atoms with van der Waals surface area (Å²) >= 11 is 0. The predicted molar refractivity (Wildman–Crippen MR) is 74.9 cm³/mol. The first kappa shape index (κ1) is 15.7. The van der Waals surface area contributed by atoms with Gasteiger partial charge in [-0.2, -0.15) is 0 Å². The number of carbonyl (C=O) groups excluding carboxylic acids is 2. The number of likely N-dealkylation sites (N-methyl/N-ethyl adjacent to an activating group) is 1. The fourth-order valence-corrected chi connectivity index (χ4v) is 1.78. The van der Waals surface area contributed by atoms with Crippen LogP contribution in [0.4, 0.5) is 10.5 Å². The molecule has 0 aliphatic heterocycles. The summed E-state index contributed by atoms with van der Waals surface area (Å²) in [5, 5.41) is 11.6. The minimum atomic E-state index is -1.05. The van der Waals surface area contributed by atoms with Crippen molar-refractivity contribution in [1.82, 2.24) is 4.90 Å². The zero-order chi connectivity index (χ0) is 15.3. The number of carboxylic acids is 1. The fraction of sp³-hybridized carbons (Fsp3) is 0.357. The van der Waals surface area contributed by atoms with Crippen LogP contribution in [0.1, 0.15) is 30.6 Å². The minimum absolute atomic E-state index is 0.105. The molecule has 1 rings (SSSR count). The van der Waals surface area contributed by atoms with Crippen LogP contribution in [0.25, 0.3) is 0 Å². The summed E-state index contributed by atoms with van der Waals surface area (Å²) in [6.45, 7) is 3.13. The second-order valence-electron chi connectivity index (χ2n) is 4.44. The van der Waals surface area contributed by atoms with Gasteiger partial charge in [0, 0.05) is 18.3 Å². The Morgan fingerprint density at radius 1 is 1.35 bits per heavy atom. The van der Waals surface area contributed by atoms with Crippen molar-refractivity contribution < 1.29 is 19.5 Å². The molecule has 1 aromatic carbocycles. The van der Waals surface area contributed by atoms with Crippen molar-refractivity contribution in [2.75, 3.05) is 12.4 Å². The molecule has 0 bridgehead atoms. The van der Waals surface area contributed by atoms with E-state index in [-0.39, 0.29) is 5.78 Å². The van der Waals surface area contributed by atoms with Crippen LogP contribution in [-0.2, 0) is 4.79 Å². The molecule has 2 amide bonds. The Morgan fingerprint density at radius 2 is 2.00 bits per heavy atom. The molecule has 1 unspecified atom stereocenters. The maximum absolute atomic E-state index is 12.0. The van der Waals surface area contributed by atoms with Crippen LogP contribution in [0.2, 0.25) is 0 Å². The Balaban J connectivity index is 2.82. The van der Waals surface area contributed by atoms with Crippen molar-refractivity contribution in [2.24, 2.45) is 0 Å². The highest BCUT2D eigenvalue weighted by atomic mass is 16.4. The standard InChI is InChI=1S/C14H18N2O4/c1-4-12(13(18)19)16(3)14(20)15-11-7-5-6-10(8-11)9(2)17/h5-8,12H,4H2,1-3H3,(H,15,20)(H,18,19). The number of hydrogen-bond donors (Lipinski definition) is 2. The molecule has 0 radical (unpaired) electrons. The maximum Gasteiger partial charge on any atom is 0.326 e. The van der Waals surface area contributed by atoms with Crippen LogP contribution in [0.5, 0.6) is 0 Å². The van der Waals surface area contributed by atoms with Gasteiger partial charge in [0.15, 0.2) is 5.78 Å². The maximum atomic E-state index is 12.0. The summed E-state index contributed by atoms with van der Waals surface area (Å²) in [5.41, 5.74) is 0.936. The molecule has 0 aliphatic carbocycles. The van der Waals surface area contributed by atoms with Gasteiger partial charge < -0.3 is 15.3 Å². The summed E-state index contributed by atoms with van der Waals surface area (Å²) in [5.74, 6) is -1.16. The first-order valence-electron chi connectivity index (χ1n) is 6.24. The molecule has 0 fully saturated rings. The normalized spacial score (nSPS) is 11.6. The highest BCUT2D eigenvalue weighted by molar-refractivity contribution is 5.97. The summed E-state index contributed by atoms with van der Waals surface area (Å²) in [4.78, 5) is 35.4. The molecule has 0 aliphatic rings. The molecule has 20 heavy (non-hydrogen) atoms. The summed E-state index contributed by atoms with van der Waals surface area (Å²) < 4.78 is 0. The number of benzene rings is 1. The van der Waals surface area contributed by atoms with Crippen LogP contribution in [0.15, 0.2) is 24.3 Å². The van der Waals surface area contributed by atoms with E-state index in [1.165, 1.54) is 14.0 Å². The van der Waals surface area contributed by atoms with Crippen molar-refractivity contribution in [3.05, 3.63) is 29.8 Å². The van der Waals surface area contributed by atoms with Gasteiger partial charge >= 0.3 is 12.0 Å². The van der Waals surface area contributed by atoms with Gasteiger partial charge in [-0.15, -0.1) is 0 Å². The lowest BCUT2D eigenvalue weighted by molar-refractivity contribution is -0.141. The van der Waals surface area contributed by atoms with Crippen molar-refractivity contribution >= 4 is 23.5 Å². The topological polar surface area (TPSA) is 86.7 Å². The molecule has 1 atom stereocenters. The van der Waals surface area contributed by atoms with Crippen molar-refractivity contribution in [1.29, 1.82) is 0 Å². The van der Waals surface area contributed by atoms with Crippen LogP contribution in [0.3, 0.4) is 0 Å². The largest absolute Gasteiger partial charge is 0.480 e. The number of nitrogens with zero attached hydrogens (tertiary/aromatic N) is 1. The Kier molecular flexibility index (Phi) is 5.25. The summed E-state index contributed by atoms with van der Waals surface area (Å²) in [6.07, 6.45) is 0.312. The molecule has 1 aromatic rings. The molecular weight excluding hydrogens is 260 g/mol. The van der Waals surface area contributed by atoms with Gasteiger partial charge in [0.2, 0.25) is 0 Å². The SMILES string of the molecule is CCC(C(=O)O)N(C)C(=O)Nc1cccc(C(C)=O)c1. The Hall–Kier alpha value is -2.37. The van der Waals surface area contributed by atoms with Gasteiger partial charge in [0.05, 0.1) is 0 Å². The van der Waals surface area contributed by atoms with Crippen molar-refractivity contribution in [3.63, 3.8) is 0 Å². The van der Waals surface area contributed by atoms with Gasteiger partial charge in [0.1, 0.15) is 6.04 Å². The first-order valence-corrected chi connectivity index (χ1v) is 6.24. The smallest absolute Gasteiger partial charge is 0.326 e. The number of hydrogen-bond acceptors (Lipinski definition) is 3. The van der Waals surface area contributed by atoms with Gasteiger partial charge in [-0.3, -0.25) is 4.79 Å². The van der Waals surface area contributed by atoms with E-state index in [1.807, 2.05) is 0 Å². The molecular formula is C14H18N2O4. The molecule has 0 heterocycles. The molecule has 6 heteroatoms. The van der Waals surface area contributed by atoms with Crippen LogP contribution < -0.4 is 5.32 Å². The number of amides is 2. The summed E-state index contributed by atoms with van der Waals surface area (Å²) in [6, 6.07) is 5.08. The highest BCUT2D eigenvalue weighted by Crippen LogP contribution is 2.13. The molecule has 0 saturated heterocycles. The Bertz CT molecular complexity index is 528. The third kappa shape index (κ3) is 3.81. The lowest BCUT2D eigenvalue weighted by atomic mass is 10.1. The van der Waals surface area contributed by atoms with E-state index in [2.05, 4.69) is 5.32 Å². The first-order chi connectivity index (χ1) is 9.36. The quantitative estimate of drug-likeness (QED) is 0.808. The van der Waals surface area contributed by atoms with Crippen molar-refractivity contribution in [3.8, 4) is 0 Å². The number of Topliss-reactive ketones (excluding diaryl/α,β-unsaturated/α-hetero) is 1. The second-order valence-corrected chi connectivity index (χ2v) is 4.44. The molecule has 108 valence electrons. The van der Waals surface area contributed by atoms with Gasteiger partial charge in [-0.05, 0) is 25.5 Å². The van der Waals surface area contributed by atoms with E-state index < -0.39 is 18.0 Å². The van der Waals surface area contributed by atoms with Crippen LogP contribution in [-0.4, -0.2) is 40.9 Å². The Morgan fingerprint density at radius 3 is 2.50 bits per heavy atom. The van der Waals surface area contributed by atoms with Crippen LogP contribution >= 0.6 is 0 Å². The number of ketones is 1. The third-order valence-corrected chi connectivity index (χ3v) is 2.98. The number of nitrogens with one attached hydrogen (secondary N) is 1. The monoisotopic (exact) mass is 278 g/mol. The average Bonchev–Trinajstić information content (AvgIpc) is 2.39. The van der Waals surface area contributed by atoms with E-state index in [0.29, 0.717) is 17.7 Å². The number of aliphatic carboxylic acids is 1. The van der Waals surface area contributed by atoms with E-state index in [1.54, 1.807) is 31.2 Å². The third-order valence-electron chi connectivity index (χ3n) is 2.98. The molecule has 6 nitrogen and oxygen atoms in total. The number of carbonyl (C=O) groups is 3. The number of carboxylic acid groups (broad SMARTS) is 1. The number of urea groups is 1. The Labute approximate surface area is 117 Å². The number of rotatable bonds is 5. The van der Waals surface area contributed by atoms with E-state index >= 15 is 0 Å². The van der Waals surface area contributed by atoms with Gasteiger partial charge in [-0.1, -0.05) is 19.1 Å². The zero-order valence-electron chi connectivity index (χ0n) is 11.7. The van der Waals surface area contributed by atoms with E-state index in [0.717, 1.165) is 4.90 Å². The average molecular weight is 278 g/mol. The molecule has 0 aromatic heterocycles. The predicted octanol–water partition coefficient (Wildman–Crippen LogP) is 2.22. The van der Waals surface area contributed by atoms with Crippen LogP contribution in [0, 0.1) is 0 Å². The lowest BCUT2D eigenvalue weighted by Crippen LogP contribution is -2.44. The van der Waals surface area contributed by atoms with Gasteiger partial charge in [-0.25, -0.2) is 9.59 Å². The molecule has 0 spiro atoms. The summed E-state index contributed by atoms with van der Waals surface area (Å²) in [7, 11) is 1.42. The van der Waals surface area contributed by atoms with E-state index in [4.69, 9.17) is 5.11 Å².